The third kappa shape index (κ3) is 2.93. The molecule has 19 heavy (non-hydrogen) atoms. The van der Waals surface area contributed by atoms with E-state index in [1.807, 2.05) is 6.92 Å². The van der Waals surface area contributed by atoms with Gasteiger partial charge in [0.25, 0.3) is 0 Å². The molecule has 1 aromatic rings. The smallest absolute Gasteiger partial charge is 0.243 e. The third-order valence-electron chi connectivity index (χ3n) is 3.28. The van der Waals surface area contributed by atoms with Crippen molar-refractivity contribution in [1.82, 2.24) is 4.72 Å². The van der Waals surface area contributed by atoms with Gasteiger partial charge in [0.05, 0.1) is 6.61 Å². The minimum Gasteiger partial charge on any atom is -0.392 e. The lowest BCUT2D eigenvalue weighted by atomic mass is 10.2. The molecular formula is C12H15F2NO3S. The maximum absolute atomic E-state index is 13.6. The molecule has 1 aliphatic rings. The van der Waals surface area contributed by atoms with E-state index in [-0.39, 0.29) is 17.5 Å². The van der Waals surface area contributed by atoms with Gasteiger partial charge in [-0.3, -0.25) is 0 Å². The molecule has 0 amide bonds. The molecule has 7 heteroatoms. The van der Waals surface area contributed by atoms with Crippen molar-refractivity contribution in [3.63, 3.8) is 0 Å². The zero-order valence-electron chi connectivity index (χ0n) is 10.4. The highest BCUT2D eigenvalue weighted by molar-refractivity contribution is 7.89. The molecule has 0 spiro atoms. The van der Waals surface area contributed by atoms with Crippen LogP contribution >= 0.6 is 0 Å². The van der Waals surface area contributed by atoms with Crippen LogP contribution in [0, 0.1) is 17.6 Å². The average molecular weight is 291 g/mol. The van der Waals surface area contributed by atoms with Gasteiger partial charge in [0.2, 0.25) is 10.0 Å². The molecule has 0 bridgehead atoms. The number of halogens is 2. The van der Waals surface area contributed by atoms with Gasteiger partial charge in [-0.05, 0) is 30.0 Å². The van der Waals surface area contributed by atoms with Crippen molar-refractivity contribution in [1.29, 1.82) is 0 Å². The molecular weight excluding hydrogens is 276 g/mol. The van der Waals surface area contributed by atoms with Crippen LogP contribution in [0.2, 0.25) is 0 Å². The number of aliphatic hydroxyl groups excluding tert-OH is 1. The summed E-state index contributed by atoms with van der Waals surface area (Å²) >= 11 is 0. The summed E-state index contributed by atoms with van der Waals surface area (Å²) in [5.41, 5.74) is 0.0158. The Morgan fingerprint density at radius 1 is 1.42 bits per heavy atom. The molecule has 4 nitrogen and oxygen atoms in total. The van der Waals surface area contributed by atoms with E-state index in [1.165, 1.54) is 0 Å². The molecule has 106 valence electrons. The van der Waals surface area contributed by atoms with Crippen LogP contribution in [-0.4, -0.2) is 19.6 Å². The van der Waals surface area contributed by atoms with Gasteiger partial charge in [-0.25, -0.2) is 21.9 Å². The number of sulfonamides is 1. The Balaban J connectivity index is 2.32. The van der Waals surface area contributed by atoms with Gasteiger partial charge in [-0.15, -0.1) is 0 Å². The van der Waals surface area contributed by atoms with E-state index in [9.17, 15) is 17.2 Å². The summed E-state index contributed by atoms with van der Waals surface area (Å²) in [6, 6.07) is 1.51. The Morgan fingerprint density at radius 3 is 2.63 bits per heavy atom. The Morgan fingerprint density at radius 2 is 2.11 bits per heavy atom. The number of nitrogens with one attached hydrogen (secondary N) is 1. The van der Waals surface area contributed by atoms with Gasteiger partial charge in [0.1, 0.15) is 4.90 Å². The minimum atomic E-state index is -4.10. The van der Waals surface area contributed by atoms with Gasteiger partial charge in [-0.2, -0.15) is 0 Å². The van der Waals surface area contributed by atoms with Crippen LogP contribution in [-0.2, 0) is 16.6 Å². The standard InChI is InChI=1S/C12H15F2NO3S/c1-2-8-5-10(8)15-19(17,18)11-4-7(6-16)3-9(13)12(11)14/h3-4,8,10,15-16H,2,5-6H2,1H3. The number of rotatable bonds is 5. The minimum absolute atomic E-state index is 0.0158. The number of hydrogen-bond donors (Lipinski definition) is 2. The Labute approximate surface area is 110 Å². The molecule has 0 radical (unpaired) electrons. The molecule has 1 aliphatic carbocycles. The molecule has 2 rings (SSSR count). The zero-order valence-corrected chi connectivity index (χ0v) is 11.2. The fraction of sp³-hybridized carbons (Fsp3) is 0.500. The summed E-state index contributed by atoms with van der Waals surface area (Å²) in [6.07, 6.45) is 1.54. The molecule has 1 saturated carbocycles. The summed E-state index contributed by atoms with van der Waals surface area (Å²) < 4.78 is 53.2. The molecule has 1 aromatic carbocycles. The molecule has 0 aliphatic heterocycles. The van der Waals surface area contributed by atoms with E-state index in [2.05, 4.69) is 4.72 Å². The summed E-state index contributed by atoms with van der Waals surface area (Å²) in [5, 5.41) is 8.91. The largest absolute Gasteiger partial charge is 0.392 e. The quantitative estimate of drug-likeness (QED) is 0.864. The third-order valence-corrected chi connectivity index (χ3v) is 4.77. The highest BCUT2D eigenvalue weighted by atomic mass is 32.2. The van der Waals surface area contributed by atoms with Gasteiger partial charge < -0.3 is 5.11 Å². The molecule has 0 heterocycles. The Kier molecular flexibility index (Phi) is 3.89. The van der Waals surface area contributed by atoms with E-state index in [0.29, 0.717) is 6.42 Å². The van der Waals surface area contributed by atoms with E-state index in [1.54, 1.807) is 0 Å². The molecule has 2 unspecified atom stereocenters. The maximum atomic E-state index is 13.6. The highest BCUT2D eigenvalue weighted by Crippen LogP contribution is 2.34. The highest BCUT2D eigenvalue weighted by Gasteiger charge is 2.39. The van der Waals surface area contributed by atoms with Crippen molar-refractivity contribution < 1.29 is 22.3 Å². The predicted octanol–water partition coefficient (Wildman–Crippen LogP) is 1.53. The van der Waals surface area contributed by atoms with Gasteiger partial charge in [0, 0.05) is 6.04 Å². The van der Waals surface area contributed by atoms with E-state index < -0.39 is 33.2 Å². The Bertz CT molecular complexity index is 589. The van der Waals surface area contributed by atoms with Crippen LogP contribution in [0.1, 0.15) is 25.3 Å². The first-order chi connectivity index (χ1) is 8.89. The normalized spacial score (nSPS) is 22.5. The number of benzene rings is 1. The van der Waals surface area contributed by atoms with Crippen molar-refractivity contribution in [3.05, 3.63) is 29.3 Å². The Hall–Kier alpha value is -1.05. The van der Waals surface area contributed by atoms with E-state index in [4.69, 9.17) is 5.11 Å². The molecule has 0 aromatic heterocycles. The summed E-state index contributed by atoms with van der Waals surface area (Å²) in [4.78, 5) is -0.752. The fourth-order valence-electron chi connectivity index (χ4n) is 2.01. The maximum Gasteiger partial charge on any atom is 0.243 e. The van der Waals surface area contributed by atoms with Crippen LogP contribution in [0.25, 0.3) is 0 Å². The van der Waals surface area contributed by atoms with Crippen LogP contribution in [0.5, 0.6) is 0 Å². The summed E-state index contributed by atoms with van der Waals surface area (Å²) in [5.74, 6) is -2.45. The number of aliphatic hydroxyl groups is 1. The van der Waals surface area contributed by atoms with Crippen molar-refractivity contribution in [3.8, 4) is 0 Å². The second-order valence-electron chi connectivity index (χ2n) is 4.68. The SMILES string of the molecule is CCC1CC1NS(=O)(=O)c1cc(CO)cc(F)c1F. The second-order valence-corrected chi connectivity index (χ2v) is 6.36. The van der Waals surface area contributed by atoms with Crippen molar-refractivity contribution >= 4 is 10.0 Å². The van der Waals surface area contributed by atoms with Crippen molar-refractivity contribution in [2.75, 3.05) is 0 Å². The van der Waals surface area contributed by atoms with Gasteiger partial charge >= 0.3 is 0 Å². The molecule has 0 saturated heterocycles. The molecule has 2 N–H and O–H groups in total. The fourth-order valence-corrected chi connectivity index (χ4v) is 3.46. The topological polar surface area (TPSA) is 66.4 Å². The summed E-state index contributed by atoms with van der Waals surface area (Å²) in [7, 11) is -4.10. The van der Waals surface area contributed by atoms with Crippen molar-refractivity contribution in [2.45, 2.75) is 37.3 Å². The van der Waals surface area contributed by atoms with E-state index >= 15 is 0 Å². The van der Waals surface area contributed by atoms with Gasteiger partial charge in [-0.1, -0.05) is 13.3 Å². The lowest BCUT2D eigenvalue weighted by Gasteiger charge is -2.09. The molecule has 1 fully saturated rings. The lowest BCUT2D eigenvalue weighted by molar-refractivity contribution is 0.280. The predicted molar refractivity (Wildman–Crippen MR) is 64.8 cm³/mol. The number of hydrogen-bond acceptors (Lipinski definition) is 3. The lowest BCUT2D eigenvalue weighted by Crippen LogP contribution is -2.28. The monoisotopic (exact) mass is 291 g/mol. The first-order valence-electron chi connectivity index (χ1n) is 6.00. The van der Waals surface area contributed by atoms with Gasteiger partial charge in [0.15, 0.2) is 11.6 Å². The first kappa shape index (κ1) is 14.4. The van der Waals surface area contributed by atoms with Crippen LogP contribution in [0.4, 0.5) is 8.78 Å². The van der Waals surface area contributed by atoms with Crippen molar-refractivity contribution in [2.24, 2.45) is 5.92 Å². The first-order valence-corrected chi connectivity index (χ1v) is 7.48. The second kappa shape index (κ2) is 5.15. The van der Waals surface area contributed by atoms with Crippen LogP contribution < -0.4 is 4.72 Å². The van der Waals surface area contributed by atoms with Crippen LogP contribution in [0.15, 0.2) is 17.0 Å². The summed E-state index contributed by atoms with van der Waals surface area (Å²) in [6.45, 7) is 1.38. The molecule has 2 atom stereocenters. The van der Waals surface area contributed by atoms with Crippen LogP contribution in [0.3, 0.4) is 0 Å². The average Bonchev–Trinajstić information content (AvgIpc) is 3.09. The van der Waals surface area contributed by atoms with E-state index in [0.717, 1.165) is 18.6 Å². The zero-order chi connectivity index (χ0) is 14.2.